The maximum absolute atomic E-state index is 8.56. The number of rotatable bonds is 0. The van der Waals surface area contributed by atoms with Crippen LogP contribution in [0, 0.1) is 23.2 Å². The quantitative estimate of drug-likeness (QED) is 0.539. The third-order valence-corrected chi connectivity index (χ3v) is 2.12. The Kier molecular flexibility index (Phi) is 6.85. The van der Waals surface area contributed by atoms with E-state index in [-0.39, 0.29) is 0 Å². The Hall–Kier alpha value is -0.510. The van der Waals surface area contributed by atoms with E-state index in [4.69, 9.17) is 5.26 Å². The number of hydrogen-bond donors (Lipinski definition) is 0. The van der Waals surface area contributed by atoms with Gasteiger partial charge in [0.15, 0.2) is 0 Å². The Morgan fingerprint density at radius 3 is 2.25 bits per heavy atom. The van der Waals surface area contributed by atoms with Crippen LogP contribution >= 0.6 is 0 Å². The fourth-order valence-corrected chi connectivity index (χ4v) is 1.55. The molecular weight excluding hydrogens is 146 g/mol. The van der Waals surface area contributed by atoms with Gasteiger partial charge in [0.05, 0.1) is 6.07 Å². The summed E-state index contributed by atoms with van der Waals surface area (Å²) in [7, 11) is 0. The first kappa shape index (κ1) is 11.5. The van der Waals surface area contributed by atoms with Crippen molar-refractivity contribution in [3.8, 4) is 6.07 Å². The Bertz CT molecular complexity index is 134. The molecule has 0 aromatic rings. The Morgan fingerprint density at radius 2 is 1.92 bits per heavy atom. The molecule has 70 valence electrons. The first-order chi connectivity index (χ1) is 5.74. The summed E-state index contributed by atoms with van der Waals surface area (Å²) < 4.78 is 0. The summed E-state index contributed by atoms with van der Waals surface area (Å²) in [6.45, 7) is 6.49. The van der Waals surface area contributed by atoms with Gasteiger partial charge < -0.3 is 0 Å². The van der Waals surface area contributed by atoms with Crippen molar-refractivity contribution in [3.05, 3.63) is 0 Å². The molecule has 2 unspecified atom stereocenters. The first-order valence-electron chi connectivity index (χ1n) is 5.14. The van der Waals surface area contributed by atoms with Crippen LogP contribution in [0.25, 0.3) is 0 Å². The van der Waals surface area contributed by atoms with Crippen LogP contribution in [-0.4, -0.2) is 0 Å². The summed E-state index contributed by atoms with van der Waals surface area (Å²) in [5.74, 6) is 1.16. The minimum Gasteiger partial charge on any atom is -0.198 e. The zero-order valence-corrected chi connectivity index (χ0v) is 8.64. The molecular formula is C11H21N. The van der Waals surface area contributed by atoms with Crippen LogP contribution in [0.5, 0.6) is 0 Å². The van der Waals surface area contributed by atoms with Crippen LogP contribution in [0.3, 0.4) is 0 Å². The molecule has 1 rings (SSSR count). The van der Waals surface area contributed by atoms with Gasteiger partial charge in [-0.3, -0.25) is 0 Å². The molecule has 0 saturated heterocycles. The van der Waals surface area contributed by atoms with Crippen LogP contribution in [0.1, 0.15) is 52.9 Å². The molecule has 0 aromatic heterocycles. The third-order valence-electron chi connectivity index (χ3n) is 2.12. The average Bonchev–Trinajstić information content (AvgIpc) is 2.06. The molecule has 0 bridgehead atoms. The van der Waals surface area contributed by atoms with Crippen LogP contribution in [0.15, 0.2) is 0 Å². The van der Waals surface area contributed by atoms with Gasteiger partial charge >= 0.3 is 0 Å². The molecule has 1 fully saturated rings. The SMILES string of the molecule is CC1CCCC(C#N)C1.CCC. The zero-order chi connectivity index (χ0) is 9.40. The predicted octanol–water partition coefficient (Wildman–Crippen LogP) is 3.75. The van der Waals surface area contributed by atoms with Gasteiger partial charge in [-0.05, 0) is 18.8 Å². The number of nitriles is 1. The molecule has 12 heavy (non-hydrogen) atoms. The summed E-state index contributed by atoms with van der Waals surface area (Å²) in [4.78, 5) is 0. The minimum absolute atomic E-state index is 0.369. The lowest BCUT2D eigenvalue weighted by Gasteiger charge is -2.20. The minimum atomic E-state index is 0.369. The van der Waals surface area contributed by atoms with Crippen molar-refractivity contribution in [2.45, 2.75) is 52.9 Å². The maximum atomic E-state index is 8.56. The Labute approximate surface area is 76.8 Å². The average molecular weight is 167 g/mol. The third kappa shape index (κ3) is 5.18. The van der Waals surface area contributed by atoms with Crippen LogP contribution in [-0.2, 0) is 0 Å². The molecule has 0 amide bonds. The van der Waals surface area contributed by atoms with E-state index in [1.807, 2.05) is 0 Å². The van der Waals surface area contributed by atoms with E-state index >= 15 is 0 Å². The van der Waals surface area contributed by atoms with E-state index in [0.717, 1.165) is 18.8 Å². The maximum Gasteiger partial charge on any atom is 0.0655 e. The molecule has 1 aliphatic rings. The summed E-state index contributed by atoms with van der Waals surface area (Å²) in [5.41, 5.74) is 0. The molecule has 1 heteroatoms. The van der Waals surface area contributed by atoms with Gasteiger partial charge in [-0.2, -0.15) is 5.26 Å². The smallest absolute Gasteiger partial charge is 0.0655 e. The van der Waals surface area contributed by atoms with Gasteiger partial charge in [0, 0.05) is 5.92 Å². The lowest BCUT2D eigenvalue weighted by Crippen LogP contribution is -2.10. The fourth-order valence-electron chi connectivity index (χ4n) is 1.55. The largest absolute Gasteiger partial charge is 0.198 e. The molecule has 2 atom stereocenters. The van der Waals surface area contributed by atoms with Crippen molar-refractivity contribution in [1.82, 2.24) is 0 Å². The second-order valence-corrected chi connectivity index (χ2v) is 3.80. The summed E-state index contributed by atoms with van der Waals surface area (Å²) in [6, 6.07) is 2.33. The topological polar surface area (TPSA) is 23.8 Å². The van der Waals surface area contributed by atoms with E-state index in [1.165, 1.54) is 19.3 Å². The highest BCUT2D eigenvalue weighted by molar-refractivity contribution is 4.86. The van der Waals surface area contributed by atoms with E-state index < -0.39 is 0 Å². The summed E-state index contributed by atoms with van der Waals surface area (Å²) in [6.07, 6.45) is 6.12. The normalized spacial score (nSPS) is 28.2. The molecule has 0 N–H and O–H groups in total. The monoisotopic (exact) mass is 167 g/mol. The zero-order valence-electron chi connectivity index (χ0n) is 8.64. The summed E-state index contributed by atoms with van der Waals surface area (Å²) >= 11 is 0. The second kappa shape index (κ2) is 7.16. The molecule has 0 heterocycles. The van der Waals surface area contributed by atoms with Gasteiger partial charge in [0.1, 0.15) is 0 Å². The molecule has 0 aliphatic heterocycles. The van der Waals surface area contributed by atoms with Crippen molar-refractivity contribution in [3.63, 3.8) is 0 Å². The lowest BCUT2D eigenvalue weighted by molar-refractivity contribution is 0.331. The number of nitrogens with zero attached hydrogens (tertiary/aromatic N) is 1. The van der Waals surface area contributed by atoms with Gasteiger partial charge in [-0.15, -0.1) is 0 Å². The van der Waals surface area contributed by atoms with Crippen LogP contribution < -0.4 is 0 Å². The Balaban J connectivity index is 0.000000354. The molecule has 1 saturated carbocycles. The van der Waals surface area contributed by atoms with Crippen molar-refractivity contribution >= 4 is 0 Å². The molecule has 0 aromatic carbocycles. The standard InChI is InChI=1S/C8H13N.C3H8/c1-7-3-2-4-8(5-7)6-9;1-3-2/h7-8H,2-5H2,1H3;3H2,1-2H3. The van der Waals surface area contributed by atoms with Crippen molar-refractivity contribution in [2.75, 3.05) is 0 Å². The highest BCUT2D eigenvalue weighted by Crippen LogP contribution is 2.27. The molecule has 0 radical (unpaired) electrons. The van der Waals surface area contributed by atoms with E-state index in [0.29, 0.717) is 5.92 Å². The van der Waals surface area contributed by atoms with E-state index in [9.17, 15) is 0 Å². The fraction of sp³-hybridized carbons (Fsp3) is 0.909. The highest BCUT2D eigenvalue weighted by Gasteiger charge is 2.17. The van der Waals surface area contributed by atoms with Crippen molar-refractivity contribution < 1.29 is 0 Å². The molecule has 0 spiro atoms. The van der Waals surface area contributed by atoms with E-state index in [1.54, 1.807) is 0 Å². The second-order valence-electron chi connectivity index (χ2n) is 3.80. The van der Waals surface area contributed by atoms with E-state index in [2.05, 4.69) is 26.8 Å². The predicted molar refractivity (Wildman–Crippen MR) is 52.7 cm³/mol. The van der Waals surface area contributed by atoms with Gasteiger partial charge in [-0.25, -0.2) is 0 Å². The first-order valence-corrected chi connectivity index (χ1v) is 5.14. The van der Waals surface area contributed by atoms with Crippen LogP contribution in [0.2, 0.25) is 0 Å². The van der Waals surface area contributed by atoms with Gasteiger partial charge in [-0.1, -0.05) is 40.0 Å². The highest BCUT2D eigenvalue weighted by atomic mass is 14.3. The van der Waals surface area contributed by atoms with Crippen molar-refractivity contribution in [1.29, 1.82) is 5.26 Å². The summed E-state index contributed by atoms with van der Waals surface area (Å²) in [5, 5.41) is 8.56. The lowest BCUT2D eigenvalue weighted by atomic mass is 9.83. The van der Waals surface area contributed by atoms with Gasteiger partial charge in [0.2, 0.25) is 0 Å². The number of hydrogen-bond acceptors (Lipinski definition) is 1. The van der Waals surface area contributed by atoms with Crippen LogP contribution in [0.4, 0.5) is 0 Å². The molecule has 1 aliphatic carbocycles. The van der Waals surface area contributed by atoms with Gasteiger partial charge in [0.25, 0.3) is 0 Å². The molecule has 1 nitrogen and oxygen atoms in total. The Morgan fingerprint density at radius 1 is 1.33 bits per heavy atom. The van der Waals surface area contributed by atoms with Crippen molar-refractivity contribution in [2.24, 2.45) is 11.8 Å².